The van der Waals surface area contributed by atoms with Gasteiger partial charge in [-0.05, 0) is 66.9 Å². The topological polar surface area (TPSA) is 137 Å². The number of nitrogens with one attached hydrogen (secondary N) is 2. The van der Waals surface area contributed by atoms with E-state index in [0.29, 0.717) is 22.8 Å². The molecule has 3 aromatic carbocycles. The number of tetrazole rings is 1. The maximum Gasteiger partial charge on any atom is 0.299 e. The first-order valence-electron chi connectivity index (χ1n) is 10.9. The van der Waals surface area contributed by atoms with Crippen molar-refractivity contribution in [3.05, 3.63) is 87.8 Å². The summed E-state index contributed by atoms with van der Waals surface area (Å²) in [4.78, 5) is 13.0. The van der Waals surface area contributed by atoms with Crippen LogP contribution in [0.3, 0.4) is 0 Å². The number of H-pyrrole nitrogens is 2. The van der Waals surface area contributed by atoms with Gasteiger partial charge in [-0.3, -0.25) is 9.89 Å². The molecule has 5 rings (SSSR count). The Morgan fingerprint density at radius 2 is 1.65 bits per heavy atom. The summed E-state index contributed by atoms with van der Waals surface area (Å²) in [5, 5.41) is 36.4. The van der Waals surface area contributed by atoms with Gasteiger partial charge in [-0.1, -0.05) is 36.4 Å². The zero-order valence-electron chi connectivity index (χ0n) is 21.3. The summed E-state index contributed by atoms with van der Waals surface area (Å²) in [6, 6.07) is 18.3. The molecule has 176 valence electrons. The maximum absolute atomic E-state index is 13.0. The van der Waals surface area contributed by atoms with Crippen LogP contribution in [0.2, 0.25) is 0 Å². The molecule has 0 saturated heterocycles. The van der Waals surface area contributed by atoms with E-state index in [1.165, 1.54) is 4.68 Å². The number of para-hydroxylation sites is 1. The number of aromatic nitrogens is 6. The van der Waals surface area contributed by atoms with Crippen LogP contribution >= 0.6 is 0 Å². The van der Waals surface area contributed by atoms with E-state index < -0.39 is 0 Å². The minimum absolute atomic E-state index is 0. The third kappa shape index (κ3) is 5.85. The molecule has 0 aliphatic carbocycles. The predicted octanol–water partition coefficient (Wildman–Crippen LogP) is 4.30. The Kier molecular flexibility index (Phi) is 9.41. The second kappa shape index (κ2) is 12.1. The van der Waals surface area contributed by atoms with Crippen molar-refractivity contribution in [3.63, 3.8) is 0 Å². The van der Waals surface area contributed by atoms with Crippen molar-refractivity contribution in [2.45, 2.75) is 20.8 Å². The Hall–Kier alpha value is -2.86. The van der Waals surface area contributed by atoms with Crippen LogP contribution in [0.15, 0.2) is 75.7 Å². The molecule has 2 radical (unpaired) electrons. The molecular formula is C25H22N8Na2O2. The second-order valence-electron chi connectivity index (χ2n) is 8.18. The van der Waals surface area contributed by atoms with Gasteiger partial charge in [0.15, 0.2) is 11.4 Å². The molecule has 10 nitrogen and oxygen atoms in total. The van der Waals surface area contributed by atoms with Gasteiger partial charge < -0.3 is 5.11 Å². The summed E-state index contributed by atoms with van der Waals surface area (Å²) in [5.74, 6) is 0.398. The van der Waals surface area contributed by atoms with Gasteiger partial charge in [0.25, 0.3) is 5.56 Å². The largest absolute Gasteiger partial charge is 0.505 e. The van der Waals surface area contributed by atoms with Crippen molar-refractivity contribution < 1.29 is 5.11 Å². The Bertz CT molecular complexity index is 1620. The van der Waals surface area contributed by atoms with Gasteiger partial charge in [-0.25, -0.2) is 4.68 Å². The van der Waals surface area contributed by atoms with Crippen molar-refractivity contribution >= 4 is 70.5 Å². The van der Waals surface area contributed by atoms with Crippen LogP contribution in [0.1, 0.15) is 16.8 Å². The molecule has 0 aliphatic rings. The first-order valence-corrected chi connectivity index (χ1v) is 10.9. The van der Waals surface area contributed by atoms with Gasteiger partial charge in [-0.2, -0.15) is 5.21 Å². The molecule has 2 aromatic heterocycles. The number of aromatic amines is 2. The monoisotopic (exact) mass is 512 g/mol. The fraction of sp³-hybridized carbons (Fsp3) is 0.120. The number of aromatic hydroxyl groups is 1. The molecule has 3 N–H and O–H groups in total. The van der Waals surface area contributed by atoms with E-state index in [1.807, 2.05) is 56.3 Å². The SMILES string of the molecule is Cc1ccc(-n2[nH]c(C)c(N=Nc3cccc(-c4cccc(-c5nn[nH]n5)c4)c3O)c2=O)cc1C.[Na].[Na]. The van der Waals surface area contributed by atoms with Gasteiger partial charge in [0.05, 0.1) is 11.4 Å². The van der Waals surface area contributed by atoms with E-state index in [1.54, 1.807) is 25.1 Å². The Balaban J connectivity index is 0.00000190. The molecule has 0 aliphatic heterocycles. The second-order valence-corrected chi connectivity index (χ2v) is 8.18. The van der Waals surface area contributed by atoms with Gasteiger partial charge in [0.2, 0.25) is 5.82 Å². The Labute approximate surface area is 256 Å². The van der Waals surface area contributed by atoms with Gasteiger partial charge in [-0.15, -0.1) is 20.4 Å². The van der Waals surface area contributed by atoms with E-state index in [0.717, 1.165) is 22.3 Å². The number of phenolic OH excluding ortho intramolecular Hbond substituents is 1. The Morgan fingerprint density at radius 1 is 0.892 bits per heavy atom. The number of phenols is 1. The quantitative estimate of drug-likeness (QED) is 0.238. The van der Waals surface area contributed by atoms with Gasteiger partial charge in [0, 0.05) is 70.2 Å². The van der Waals surface area contributed by atoms with E-state index in [4.69, 9.17) is 0 Å². The molecule has 5 aromatic rings. The number of azo groups is 1. The zero-order valence-corrected chi connectivity index (χ0v) is 25.3. The zero-order chi connectivity index (χ0) is 24.5. The van der Waals surface area contributed by atoms with Gasteiger partial charge >= 0.3 is 0 Å². The van der Waals surface area contributed by atoms with Crippen molar-refractivity contribution in [2.24, 2.45) is 10.2 Å². The summed E-state index contributed by atoms with van der Waals surface area (Å²) in [6.07, 6.45) is 0. The van der Waals surface area contributed by atoms with E-state index in [2.05, 4.69) is 36.0 Å². The molecule has 2 heterocycles. The van der Waals surface area contributed by atoms with Crippen molar-refractivity contribution in [1.82, 2.24) is 30.4 Å². The number of rotatable bonds is 5. The average Bonchev–Trinajstić information content (AvgIpc) is 3.49. The van der Waals surface area contributed by atoms with Crippen LogP contribution in [0.25, 0.3) is 28.2 Å². The maximum atomic E-state index is 13.0. The summed E-state index contributed by atoms with van der Waals surface area (Å²) < 4.78 is 1.44. The smallest absolute Gasteiger partial charge is 0.299 e. The summed E-state index contributed by atoms with van der Waals surface area (Å²) in [5.41, 5.74) is 5.65. The van der Waals surface area contributed by atoms with Gasteiger partial charge in [0.1, 0.15) is 5.69 Å². The first kappa shape index (κ1) is 28.7. The molecule has 0 atom stereocenters. The average molecular weight is 512 g/mol. The molecule has 12 heteroatoms. The van der Waals surface area contributed by atoms with E-state index >= 15 is 0 Å². The van der Waals surface area contributed by atoms with Crippen molar-refractivity contribution in [3.8, 4) is 34.0 Å². The van der Waals surface area contributed by atoms with Crippen LogP contribution in [0, 0.1) is 20.8 Å². The molecule has 0 bridgehead atoms. The molecule has 0 spiro atoms. The number of aryl methyl sites for hydroxylation is 3. The third-order valence-corrected chi connectivity index (χ3v) is 5.84. The number of benzene rings is 3. The van der Waals surface area contributed by atoms with Crippen molar-refractivity contribution in [1.29, 1.82) is 0 Å². The van der Waals surface area contributed by atoms with Crippen LogP contribution in [0.4, 0.5) is 11.4 Å². The first-order chi connectivity index (χ1) is 16.9. The normalized spacial score (nSPS) is 10.8. The molecule has 0 amide bonds. The number of nitrogens with zero attached hydrogens (tertiary/aromatic N) is 6. The molecule has 0 unspecified atom stereocenters. The standard InChI is InChI=1S/C25H22N8O2.2Na/c1-14-10-11-19(12-15(14)2)33-25(35)22(16(3)30-33)27-26-21-9-5-8-20(23(21)34)17-6-4-7-18(13-17)24-28-31-32-29-24;;/h4-13,30,34H,1-3H3,(H,28,29,31,32);;. The predicted molar refractivity (Wildman–Crippen MR) is 143 cm³/mol. The van der Waals surface area contributed by atoms with Crippen LogP contribution < -0.4 is 5.56 Å². The van der Waals surface area contributed by atoms with Crippen LogP contribution in [-0.2, 0) is 0 Å². The minimum Gasteiger partial charge on any atom is -0.505 e. The summed E-state index contributed by atoms with van der Waals surface area (Å²) in [6.45, 7) is 5.77. The van der Waals surface area contributed by atoms with E-state index in [-0.39, 0.29) is 81.8 Å². The number of hydrogen-bond acceptors (Lipinski definition) is 7. The summed E-state index contributed by atoms with van der Waals surface area (Å²) in [7, 11) is 0. The van der Waals surface area contributed by atoms with Crippen LogP contribution in [-0.4, -0.2) is 94.6 Å². The third-order valence-electron chi connectivity index (χ3n) is 5.84. The van der Waals surface area contributed by atoms with Crippen LogP contribution in [0.5, 0.6) is 5.75 Å². The Morgan fingerprint density at radius 3 is 2.38 bits per heavy atom. The molecule has 0 saturated carbocycles. The fourth-order valence-electron chi connectivity index (χ4n) is 3.76. The molecule has 37 heavy (non-hydrogen) atoms. The fourth-order valence-corrected chi connectivity index (χ4v) is 3.76. The molecule has 0 fully saturated rings. The minimum atomic E-state index is -0.321. The van der Waals surface area contributed by atoms with Crippen molar-refractivity contribution in [2.75, 3.05) is 0 Å². The summed E-state index contributed by atoms with van der Waals surface area (Å²) >= 11 is 0. The molecular weight excluding hydrogens is 490 g/mol. The van der Waals surface area contributed by atoms with E-state index in [9.17, 15) is 9.90 Å². The number of hydrogen-bond donors (Lipinski definition) is 3.